The number of halogens is 1. The van der Waals surface area contributed by atoms with Gasteiger partial charge in [0.25, 0.3) is 5.91 Å². The zero-order valence-corrected chi connectivity index (χ0v) is 12.4. The number of aliphatic carboxylic acids is 1. The number of carboxylic acids is 1. The van der Waals surface area contributed by atoms with Gasteiger partial charge in [-0.3, -0.25) is 4.79 Å². The van der Waals surface area contributed by atoms with E-state index < -0.39 is 23.7 Å². The van der Waals surface area contributed by atoms with Crippen molar-refractivity contribution in [3.8, 4) is 0 Å². The Hall–Kier alpha value is -1.91. The molecule has 2 atom stereocenters. The molecule has 0 radical (unpaired) electrons. The third kappa shape index (κ3) is 3.06. The zero-order valence-electron chi connectivity index (χ0n) is 12.4. The molecule has 1 aromatic rings. The first-order chi connectivity index (χ1) is 9.81. The molecule has 1 amide bonds. The van der Waals surface area contributed by atoms with Crippen LogP contribution in [0, 0.1) is 11.7 Å². The molecule has 0 aliphatic heterocycles. The number of fused-ring (bicyclic) bond motifs is 1. The van der Waals surface area contributed by atoms with Gasteiger partial charge in [-0.1, -0.05) is 20.8 Å². The van der Waals surface area contributed by atoms with Gasteiger partial charge < -0.3 is 10.4 Å². The highest BCUT2D eigenvalue weighted by Gasteiger charge is 2.27. The Morgan fingerprint density at radius 3 is 2.62 bits per heavy atom. The fourth-order valence-corrected chi connectivity index (χ4v) is 2.74. The van der Waals surface area contributed by atoms with E-state index in [1.165, 1.54) is 6.07 Å². The van der Waals surface area contributed by atoms with Crippen LogP contribution in [0.2, 0.25) is 0 Å². The van der Waals surface area contributed by atoms with E-state index in [1.54, 1.807) is 19.9 Å². The van der Waals surface area contributed by atoms with Crippen LogP contribution in [0.5, 0.6) is 0 Å². The third-order valence-electron chi connectivity index (χ3n) is 4.07. The minimum Gasteiger partial charge on any atom is -0.480 e. The van der Waals surface area contributed by atoms with Gasteiger partial charge in [0.15, 0.2) is 0 Å². The monoisotopic (exact) mass is 293 g/mol. The smallest absolute Gasteiger partial charge is 0.326 e. The lowest BCUT2D eigenvalue weighted by atomic mass is 9.99. The number of amides is 1. The average molecular weight is 293 g/mol. The molecule has 1 aromatic carbocycles. The van der Waals surface area contributed by atoms with Crippen LogP contribution in [0.4, 0.5) is 4.39 Å². The van der Waals surface area contributed by atoms with Gasteiger partial charge in [-0.25, -0.2) is 9.18 Å². The Balaban J connectivity index is 2.28. The minimum atomic E-state index is -1.12. The third-order valence-corrected chi connectivity index (χ3v) is 4.07. The summed E-state index contributed by atoms with van der Waals surface area (Å²) in [5.74, 6) is -2.35. The van der Waals surface area contributed by atoms with Crippen molar-refractivity contribution in [1.82, 2.24) is 5.32 Å². The average Bonchev–Trinajstić information content (AvgIpc) is 2.74. The molecule has 0 saturated heterocycles. The van der Waals surface area contributed by atoms with E-state index >= 15 is 0 Å². The number of hydrogen-bond acceptors (Lipinski definition) is 2. The van der Waals surface area contributed by atoms with Crippen LogP contribution in [0.3, 0.4) is 0 Å². The normalized spacial score (nSPS) is 18.4. The van der Waals surface area contributed by atoms with Crippen LogP contribution in [0.15, 0.2) is 12.1 Å². The summed E-state index contributed by atoms with van der Waals surface area (Å²) in [6, 6.07) is 1.94. The lowest BCUT2D eigenvalue weighted by molar-refractivity contribution is -0.140. The molecule has 0 aromatic heterocycles. The summed E-state index contributed by atoms with van der Waals surface area (Å²) in [5.41, 5.74) is 1.85. The lowest BCUT2D eigenvalue weighted by Gasteiger charge is -2.18. The van der Waals surface area contributed by atoms with Gasteiger partial charge in [0.2, 0.25) is 0 Å². The zero-order chi connectivity index (χ0) is 15.7. The van der Waals surface area contributed by atoms with Crippen LogP contribution in [0.25, 0.3) is 0 Å². The summed E-state index contributed by atoms with van der Waals surface area (Å²) in [5, 5.41) is 11.5. The predicted molar refractivity (Wildman–Crippen MR) is 76.9 cm³/mol. The summed E-state index contributed by atoms with van der Waals surface area (Å²) in [7, 11) is 0. The van der Waals surface area contributed by atoms with Crippen molar-refractivity contribution in [1.29, 1.82) is 0 Å². The van der Waals surface area contributed by atoms with Crippen LogP contribution in [-0.4, -0.2) is 23.0 Å². The first kappa shape index (κ1) is 15.5. The highest BCUT2D eigenvalue weighted by molar-refractivity contribution is 5.97. The van der Waals surface area contributed by atoms with E-state index in [0.29, 0.717) is 5.92 Å². The maximum absolute atomic E-state index is 14.1. The summed E-state index contributed by atoms with van der Waals surface area (Å²) >= 11 is 0. The van der Waals surface area contributed by atoms with Crippen molar-refractivity contribution in [2.45, 2.75) is 45.6 Å². The Morgan fingerprint density at radius 2 is 2.05 bits per heavy atom. The second-order valence-corrected chi connectivity index (χ2v) is 6.00. The molecule has 1 aliphatic rings. The number of aryl methyl sites for hydroxylation is 1. The number of carbonyl (C=O) groups is 2. The molecule has 0 spiro atoms. The van der Waals surface area contributed by atoms with Crippen molar-refractivity contribution in [2.24, 2.45) is 5.92 Å². The predicted octanol–water partition coefficient (Wildman–Crippen LogP) is 2.71. The van der Waals surface area contributed by atoms with Gasteiger partial charge in [0, 0.05) is 0 Å². The second kappa shape index (κ2) is 5.84. The molecule has 2 rings (SSSR count). The number of benzene rings is 1. The number of nitrogens with one attached hydrogen (secondary N) is 1. The summed E-state index contributed by atoms with van der Waals surface area (Å²) in [6.07, 6.45) is 1.77. The molecular weight excluding hydrogens is 273 g/mol. The first-order valence-corrected chi connectivity index (χ1v) is 7.17. The van der Waals surface area contributed by atoms with Crippen LogP contribution < -0.4 is 5.32 Å². The highest BCUT2D eigenvalue weighted by atomic mass is 19.1. The number of hydrogen-bond donors (Lipinski definition) is 2. The van der Waals surface area contributed by atoms with Gasteiger partial charge >= 0.3 is 5.97 Å². The van der Waals surface area contributed by atoms with Gasteiger partial charge in [0.1, 0.15) is 11.9 Å². The SMILES string of the molecule is CC1CCc2cc(F)c(C(=O)NC(C(=O)O)C(C)C)cc21. The van der Waals surface area contributed by atoms with E-state index in [-0.39, 0.29) is 11.5 Å². The maximum Gasteiger partial charge on any atom is 0.326 e. The fraction of sp³-hybridized carbons (Fsp3) is 0.500. The minimum absolute atomic E-state index is 0.0746. The second-order valence-electron chi connectivity index (χ2n) is 6.00. The number of carbonyl (C=O) groups excluding carboxylic acids is 1. The molecule has 4 nitrogen and oxygen atoms in total. The Kier molecular flexibility index (Phi) is 4.30. The summed E-state index contributed by atoms with van der Waals surface area (Å²) < 4.78 is 14.1. The van der Waals surface area contributed by atoms with Crippen molar-refractivity contribution >= 4 is 11.9 Å². The largest absolute Gasteiger partial charge is 0.480 e. The van der Waals surface area contributed by atoms with Crippen LogP contribution in [0.1, 0.15) is 54.6 Å². The quantitative estimate of drug-likeness (QED) is 0.897. The molecule has 114 valence electrons. The molecule has 0 bridgehead atoms. The van der Waals surface area contributed by atoms with E-state index in [0.717, 1.165) is 24.0 Å². The van der Waals surface area contributed by atoms with Crippen molar-refractivity contribution in [2.75, 3.05) is 0 Å². The molecule has 0 fully saturated rings. The molecule has 2 N–H and O–H groups in total. The van der Waals surface area contributed by atoms with Gasteiger partial charge in [-0.05, 0) is 47.9 Å². The van der Waals surface area contributed by atoms with Crippen molar-refractivity contribution < 1.29 is 19.1 Å². The van der Waals surface area contributed by atoms with Crippen LogP contribution >= 0.6 is 0 Å². The van der Waals surface area contributed by atoms with Crippen molar-refractivity contribution in [3.05, 3.63) is 34.6 Å². The molecule has 5 heteroatoms. The summed E-state index contributed by atoms with van der Waals surface area (Å²) in [4.78, 5) is 23.3. The molecule has 0 heterocycles. The Bertz CT molecular complexity index is 583. The van der Waals surface area contributed by atoms with Gasteiger partial charge in [-0.2, -0.15) is 0 Å². The lowest BCUT2D eigenvalue weighted by Crippen LogP contribution is -2.44. The van der Waals surface area contributed by atoms with E-state index in [2.05, 4.69) is 5.32 Å². The van der Waals surface area contributed by atoms with Gasteiger partial charge in [0.05, 0.1) is 5.56 Å². The van der Waals surface area contributed by atoms with Gasteiger partial charge in [-0.15, -0.1) is 0 Å². The maximum atomic E-state index is 14.1. The molecule has 21 heavy (non-hydrogen) atoms. The van der Waals surface area contributed by atoms with E-state index in [9.17, 15) is 14.0 Å². The Morgan fingerprint density at radius 1 is 1.38 bits per heavy atom. The topological polar surface area (TPSA) is 66.4 Å². The van der Waals surface area contributed by atoms with E-state index in [1.807, 2.05) is 6.92 Å². The standard InChI is InChI=1S/C16H20FNO3/c1-8(2)14(16(20)21)18-15(19)12-7-11-9(3)4-5-10(11)6-13(12)17/h6-9,14H,4-5H2,1-3H3,(H,18,19)(H,20,21). The summed E-state index contributed by atoms with van der Waals surface area (Å²) in [6.45, 7) is 5.43. The molecule has 0 saturated carbocycles. The number of carboxylic acid groups (broad SMARTS) is 1. The highest BCUT2D eigenvalue weighted by Crippen LogP contribution is 2.34. The van der Waals surface area contributed by atoms with E-state index in [4.69, 9.17) is 5.11 Å². The first-order valence-electron chi connectivity index (χ1n) is 7.17. The molecule has 2 unspecified atom stereocenters. The van der Waals surface area contributed by atoms with Crippen LogP contribution in [-0.2, 0) is 11.2 Å². The Labute approximate surface area is 123 Å². The molecular formula is C16H20FNO3. The molecule has 1 aliphatic carbocycles. The fourth-order valence-electron chi connectivity index (χ4n) is 2.74. The number of rotatable bonds is 4. The van der Waals surface area contributed by atoms with Crippen molar-refractivity contribution in [3.63, 3.8) is 0 Å².